The summed E-state index contributed by atoms with van der Waals surface area (Å²) in [4.78, 5) is -0.302. The average Bonchev–Trinajstić information content (AvgIpc) is 2.47. The Morgan fingerprint density at radius 3 is 2.90 bits per heavy atom. The van der Waals surface area contributed by atoms with E-state index in [1.807, 2.05) is 6.92 Å². The molecule has 2 N–H and O–H groups in total. The topological polar surface area (TPSA) is 67.4 Å². The number of sulfonamides is 1. The second-order valence-electron chi connectivity index (χ2n) is 5.08. The number of ether oxygens (including phenoxy) is 1. The van der Waals surface area contributed by atoms with Crippen LogP contribution in [0, 0.1) is 5.82 Å². The maximum Gasteiger partial charge on any atom is 0.243 e. The summed E-state index contributed by atoms with van der Waals surface area (Å²) in [6.07, 6.45) is 1.51. The normalized spacial score (nSPS) is 19.6. The molecule has 118 valence electrons. The van der Waals surface area contributed by atoms with E-state index in [2.05, 4.69) is 10.0 Å². The zero-order chi connectivity index (χ0) is 15.3. The summed E-state index contributed by atoms with van der Waals surface area (Å²) < 4.78 is 46.3. The molecule has 0 amide bonds. The van der Waals surface area contributed by atoms with Crippen molar-refractivity contribution in [3.8, 4) is 0 Å². The lowest BCUT2D eigenvalue weighted by atomic mass is 10.1. The first-order chi connectivity index (χ1) is 10.0. The van der Waals surface area contributed by atoms with Gasteiger partial charge in [0.05, 0.1) is 6.61 Å². The minimum absolute atomic E-state index is 0.291. The molecule has 1 aromatic carbocycles. The van der Waals surface area contributed by atoms with Gasteiger partial charge in [-0.15, -0.1) is 0 Å². The third kappa shape index (κ3) is 4.47. The van der Waals surface area contributed by atoms with Crippen LogP contribution in [0.2, 0.25) is 0 Å². The fraction of sp³-hybridized carbons (Fsp3) is 0.571. The van der Waals surface area contributed by atoms with Crippen molar-refractivity contribution in [3.05, 3.63) is 29.6 Å². The van der Waals surface area contributed by atoms with Crippen molar-refractivity contribution in [2.45, 2.75) is 37.2 Å². The van der Waals surface area contributed by atoms with Gasteiger partial charge in [0.2, 0.25) is 10.0 Å². The predicted octanol–water partition coefficient (Wildman–Crippen LogP) is 1.39. The maximum absolute atomic E-state index is 13.9. The van der Waals surface area contributed by atoms with Crippen molar-refractivity contribution >= 4 is 10.0 Å². The zero-order valence-electron chi connectivity index (χ0n) is 12.1. The Morgan fingerprint density at radius 2 is 2.24 bits per heavy atom. The van der Waals surface area contributed by atoms with E-state index in [0.29, 0.717) is 26.2 Å². The molecule has 1 aromatic rings. The van der Waals surface area contributed by atoms with Gasteiger partial charge in [-0.2, -0.15) is 0 Å². The van der Waals surface area contributed by atoms with Crippen LogP contribution >= 0.6 is 0 Å². The molecule has 1 aliphatic heterocycles. The van der Waals surface area contributed by atoms with E-state index in [9.17, 15) is 12.8 Å². The van der Waals surface area contributed by atoms with Crippen molar-refractivity contribution in [1.82, 2.24) is 10.0 Å². The molecular weight excluding hydrogens is 295 g/mol. The minimum Gasteiger partial charge on any atom is -0.380 e. The number of hydrogen-bond acceptors (Lipinski definition) is 4. The molecule has 21 heavy (non-hydrogen) atoms. The molecule has 1 unspecified atom stereocenters. The van der Waals surface area contributed by atoms with Crippen LogP contribution < -0.4 is 10.0 Å². The van der Waals surface area contributed by atoms with Gasteiger partial charge in [0.1, 0.15) is 10.7 Å². The lowest BCUT2D eigenvalue weighted by Gasteiger charge is -2.23. The number of hydrogen-bond donors (Lipinski definition) is 2. The highest BCUT2D eigenvalue weighted by molar-refractivity contribution is 7.89. The summed E-state index contributed by atoms with van der Waals surface area (Å²) in [5.74, 6) is -0.737. The van der Waals surface area contributed by atoms with E-state index >= 15 is 0 Å². The summed E-state index contributed by atoms with van der Waals surface area (Å²) in [7, 11) is -3.87. The number of benzene rings is 1. The monoisotopic (exact) mass is 316 g/mol. The Hall–Kier alpha value is -1.02. The molecule has 0 saturated carbocycles. The lowest BCUT2D eigenvalue weighted by molar-refractivity contribution is 0.0774. The molecule has 2 rings (SSSR count). The Morgan fingerprint density at radius 1 is 1.43 bits per heavy atom. The first-order valence-corrected chi connectivity index (χ1v) is 8.60. The van der Waals surface area contributed by atoms with Crippen LogP contribution in [0.25, 0.3) is 0 Å². The van der Waals surface area contributed by atoms with Gasteiger partial charge >= 0.3 is 0 Å². The average molecular weight is 316 g/mol. The van der Waals surface area contributed by atoms with E-state index in [4.69, 9.17) is 4.74 Å². The molecule has 1 saturated heterocycles. The molecule has 0 aliphatic carbocycles. The molecule has 5 nitrogen and oxygen atoms in total. The number of nitrogens with one attached hydrogen (secondary N) is 2. The largest absolute Gasteiger partial charge is 0.380 e. The molecule has 1 heterocycles. The second-order valence-corrected chi connectivity index (χ2v) is 6.76. The van der Waals surface area contributed by atoms with Crippen LogP contribution in [0.15, 0.2) is 23.1 Å². The third-order valence-corrected chi connectivity index (χ3v) is 4.88. The lowest BCUT2D eigenvalue weighted by Crippen LogP contribution is -2.40. The van der Waals surface area contributed by atoms with E-state index in [1.54, 1.807) is 6.07 Å². The van der Waals surface area contributed by atoms with Crippen molar-refractivity contribution in [1.29, 1.82) is 0 Å². The summed E-state index contributed by atoms with van der Waals surface area (Å²) in [6, 6.07) is 3.86. The Kier molecular flexibility index (Phi) is 5.69. The Bertz CT molecular complexity index is 572. The molecule has 1 aliphatic rings. The second kappa shape index (κ2) is 7.31. The highest BCUT2D eigenvalue weighted by Gasteiger charge is 2.25. The van der Waals surface area contributed by atoms with Gasteiger partial charge in [-0.1, -0.05) is 13.0 Å². The standard InChI is InChI=1S/C14H21FN2O3S/c1-2-16-9-11-5-6-13(15)14(8-11)21(18,19)17-12-4-3-7-20-10-12/h5-6,8,12,16-17H,2-4,7,9-10H2,1H3. The number of rotatable bonds is 6. The van der Waals surface area contributed by atoms with E-state index < -0.39 is 15.8 Å². The van der Waals surface area contributed by atoms with E-state index in [-0.39, 0.29) is 10.9 Å². The van der Waals surface area contributed by atoms with Crippen LogP contribution in [0.5, 0.6) is 0 Å². The van der Waals surface area contributed by atoms with Crippen molar-refractivity contribution in [3.63, 3.8) is 0 Å². The van der Waals surface area contributed by atoms with Crippen LogP contribution in [0.3, 0.4) is 0 Å². The van der Waals surface area contributed by atoms with E-state index in [0.717, 1.165) is 18.5 Å². The summed E-state index contributed by atoms with van der Waals surface area (Å²) in [5.41, 5.74) is 0.735. The smallest absolute Gasteiger partial charge is 0.243 e. The highest BCUT2D eigenvalue weighted by atomic mass is 32.2. The van der Waals surface area contributed by atoms with Gasteiger partial charge in [0.25, 0.3) is 0 Å². The highest BCUT2D eigenvalue weighted by Crippen LogP contribution is 2.18. The molecule has 7 heteroatoms. The quantitative estimate of drug-likeness (QED) is 0.832. The van der Waals surface area contributed by atoms with Gasteiger partial charge in [0.15, 0.2) is 0 Å². The third-order valence-electron chi connectivity index (χ3n) is 3.35. The molecule has 0 radical (unpaired) electrons. The molecule has 0 aromatic heterocycles. The van der Waals surface area contributed by atoms with Crippen LogP contribution in [-0.2, 0) is 21.3 Å². The predicted molar refractivity (Wildman–Crippen MR) is 77.9 cm³/mol. The van der Waals surface area contributed by atoms with E-state index in [1.165, 1.54) is 12.1 Å². The zero-order valence-corrected chi connectivity index (χ0v) is 12.9. The fourth-order valence-electron chi connectivity index (χ4n) is 2.25. The van der Waals surface area contributed by atoms with Gasteiger partial charge in [-0.3, -0.25) is 0 Å². The van der Waals surface area contributed by atoms with Crippen molar-refractivity contribution in [2.24, 2.45) is 0 Å². The SMILES string of the molecule is CCNCc1ccc(F)c(S(=O)(=O)NC2CCCOC2)c1. The molecule has 1 atom stereocenters. The van der Waals surface area contributed by atoms with Gasteiger partial charge in [-0.05, 0) is 37.1 Å². The van der Waals surface area contributed by atoms with Crippen LogP contribution in [0.1, 0.15) is 25.3 Å². The summed E-state index contributed by atoms with van der Waals surface area (Å²) in [6.45, 7) is 4.19. The maximum atomic E-state index is 13.9. The molecule has 1 fully saturated rings. The van der Waals surface area contributed by atoms with Gasteiger partial charge < -0.3 is 10.1 Å². The Balaban J connectivity index is 2.17. The van der Waals surface area contributed by atoms with Gasteiger partial charge in [0, 0.05) is 19.2 Å². The Labute approximate surface area is 124 Å². The minimum atomic E-state index is -3.87. The summed E-state index contributed by atoms with van der Waals surface area (Å²) >= 11 is 0. The fourth-order valence-corrected chi connectivity index (χ4v) is 3.63. The van der Waals surface area contributed by atoms with Gasteiger partial charge in [-0.25, -0.2) is 17.5 Å². The number of halogens is 1. The van der Waals surface area contributed by atoms with Crippen LogP contribution in [0.4, 0.5) is 4.39 Å². The first kappa shape index (κ1) is 16.4. The summed E-state index contributed by atoms with van der Waals surface area (Å²) in [5, 5.41) is 3.09. The first-order valence-electron chi connectivity index (χ1n) is 7.12. The molecule has 0 spiro atoms. The van der Waals surface area contributed by atoms with Crippen LogP contribution in [-0.4, -0.2) is 34.2 Å². The molecular formula is C14H21FN2O3S. The van der Waals surface area contributed by atoms with Crippen molar-refractivity contribution < 1.29 is 17.5 Å². The molecule has 0 bridgehead atoms. The van der Waals surface area contributed by atoms with Crippen molar-refractivity contribution in [2.75, 3.05) is 19.8 Å².